The van der Waals surface area contributed by atoms with E-state index in [0.717, 1.165) is 38.0 Å². The van der Waals surface area contributed by atoms with E-state index in [4.69, 9.17) is 5.11 Å². The van der Waals surface area contributed by atoms with Crippen LogP contribution in [0.25, 0.3) is 0 Å². The van der Waals surface area contributed by atoms with E-state index in [1.165, 1.54) is 0 Å². The van der Waals surface area contributed by atoms with E-state index in [1.54, 1.807) is 11.3 Å². The van der Waals surface area contributed by atoms with Crippen LogP contribution in [-0.2, 0) is 9.59 Å². The zero-order valence-corrected chi connectivity index (χ0v) is 12.1. The van der Waals surface area contributed by atoms with Crippen molar-refractivity contribution in [2.45, 2.75) is 19.3 Å². The maximum absolute atomic E-state index is 12.8. The van der Waals surface area contributed by atoms with Gasteiger partial charge in [-0.2, -0.15) is 11.3 Å². The van der Waals surface area contributed by atoms with Gasteiger partial charge in [0.15, 0.2) is 0 Å². The summed E-state index contributed by atoms with van der Waals surface area (Å²) in [4.78, 5) is 27.4. The molecule has 2 aliphatic heterocycles. The highest BCUT2D eigenvalue weighted by molar-refractivity contribution is 7.08. The SMILES string of the molecule is O=C(O)CN1CCC[C@@]2(CCN(c3ccsc3)C2=O)C1. The van der Waals surface area contributed by atoms with E-state index >= 15 is 0 Å². The van der Waals surface area contributed by atoms with Crippen molar-refractivity contribution in [3.63, 3.8) is 0 Å². The third-order valence-corrected chi connectivity index (χ3v) is 5.02. The predicted molar refractivity (Wildman–Crippen MR) is 77.0 cm³/mol. The number of carboxylic acid groups (broad SMARTS) is 1. The van der Waals surface area contributed by atoms with Gasteiger partial charge in [0.2, 0.25) is 5.91 Å². The number of carbonyl (C=O) groups is 2. The first-order chi connectivity index (χ1) is 9.61. The molecule has 1 aromatic rings. The Morgan fingerprint density at radius 2 is 2.25 bits per heavy atom. The van der Waals surface area contributed by atoms with Crippen molar-refractivity contribution in [3.05, 3.63) is 16.8 Å². The Kier molecular flexibility index (Phi) is 3.52. The van der Waals surface area contributed by atoms with Crippen molar-refractivity contribution in [3.8, 4) is 0 Å². The van der Waals surface area contributed by atoms with E-state index in [2.05, 4.69) is 0 Å². The summed E-state index contributed by atoms with van der Waals surface area (Å²) in [5.74, 6) is -0.645. The van der Waals surface area contributed by atoms with Crippen LogP contribution >= 0.6 is 11.3 Å². The summed E-state index contributed by atoms with van der Waals surface area (Å²) in [5.41, 5.74) is 0.613. The molecule has 2 fully saturated rings. The Morgan fingerprint density at radius 3 is 2.95 bits per heavy atom. The molecule has 0 aliphatic carbocycles. The second-order valence-electron chi connectivity index (χ2n) is 5.68. The summed E-state index contributed by atoms with van der Waals surface area (Å²) < 4.78 is 0. The fourth-order valence-electron chi connectivity index (χ4n) is 3.41. The number of hydrogen-bond acceptors (Lipinski definition) is 4. The minimum absolute atomic E-state index is 0.0352. The first-order valence-corrected chi connectivity index (χ1v) is 7.83. The van der Waals surface area contributed by atoms with Gasteiger partial charge in [-0.15, -0.1) is 0 Å². The van der Waals surface area contributed by atoms with Crippen molar-refractivity contribution < 1.29 is 14.7 Å². The fourth-order valence-corrected chi connectivity index (χ4v) is 4.05. The lowest BCUT2D eigenvalue weighted by molar-refractivity contribution is -0.140. The van der Waals surface area contributed by atoms with Crippen molar-refractivity contribution >= 4 is 28.9 Å². The third-order valence-electron chi connectivity index (χ3n) is 4.35. The molecular formula is C14H18N2O3S. The van der Waals surface area contributed by atoms with Gasteiger partial charge in [0.05, 0.1) is 17.6 Å². The Bertz CT molecular complexity index is 516. The molecule has 0 bridgehead atoms. The summed E-state index contributed by atoms with van der Waals surface area (Å²) in [6.07, 6.45) is 2.61. The molecule has 3 rings (SSSR count). The van der Waals surface area contributed by atoms with Crippen LogP contribution in [-0.4, -0.2) is 48.1 Å². The normalized spacial score (nSPS) is 27.4. The standard InChI is InChI=1S/C14H18N2O3S/c17-12(18)8-15-5-1-3-14(10-15)4-6-16(13(14)19)11-2-7-20-9-11/h2,7,9H,1,3-6,8,10H2,(H,17,18)/t14-/m1/s1. The molecule has 0 saturated carbocycles. The highest BCUT2D eigenvalue weighted by Crippen LogP contribution is 2.42. The van der Waals surface area contributed by atoms with Crippen LogP contribution in [0, 0.1) is 5.41 Å². The smallest absolute Gasteiger partial charge is 0.317 e. The Morgan fingerprint density at radius 1 is 1.40 bits per heavy atom. The van der Waals surface area contributed by atoms with Crippen molar-refractivity contribution in [1.29, 1.82) is 0 Å². The minimum atomic E-state index is -0.817. The number of hydrogen-bond donors (Lipinski definition) is 1. The molecule has 1 N–H and O–H groups in total. The molecule has 1 spiro atoms. The molecule has 0 aromatic carbocycles. The lowest BCUT2D eigenvalue weighted by atomic mass is 9.78. The largest absolute Gasteiger partial charge is 0.480 e. The van der Waals surface area contributed by atoms with Crippen molar-refractivity contribution in [2.75, 3.05) is 31.1 Å². The fraction of sp³-hybridized carbons (Fsp3) is 0.571. The zero-order valence-electron chi connectivity index (χ0n) is 11.2. The molecule has 1 atom stereocenters. The van der Waals surface area contributed by atoms with Gasteiger partial charge < -0.3 is 10.0 Å². The average molecular weight is 294 g/mol. The maximum Gasteiger partial charge on any atom is 0.317 e. The van der Waals surface area contributed by atoms with E-state index in [0.29, 0.717) is 6.54 Å². The van der Waals surface area contributed by atoms with E-state index in [-0.39, 0.29) is 17.9 Å². The van der Waals surface area contributed by atoms with Crippen LogP contribution in [0.4, 0.5) is 5.69 Å². The molecular weight excluding hydrogens is 276 g/mol. The predicted octanol–water partition coefficient (Wildman–Crippen LogP) is 1.65. The molecule has 1 amide bonds. The van der Waals surface area contributed by atoms with Gasteiger partial charge >= 0.3 is 5.97 Å². The summed E-state index contributed by atoms with van der Waals surface area (Å²) in [7, 11) is 0. The van der Waals surface area contributed by atoms with Crippen LogP contribution in [0.5, 0.6) is 0 Å². The lowest BCUT2D eigenvalue weighted by Gasteiger charge is -2.38. The number of aliphatic carboxylic acids is 1. The monoisotopic (exact) mass is 294 g/mol. The quantitative estimate of drug-likeness (QED) is 0.921. The molecule has 2 saturated heterocycles. The molecule has 3 heterocycles. The Hall–Kier alpha value is -1.40. The molecule has 5 nitrogen and oxygen atoms in total. The van der Waals surface area contributed by atoms with Gasteiger partial charge in [-0.1, -0.05) is 0 Å². The van der Waals surface area contributed by atoms with Crippen LogP contribution < -0.4 is 4.90 Å². The van der Waals surface area contributed by atoms with Crippen LogP contribution in [0.3, 0.4) is 0 Å². The number of piperidine rings is 1. The number of carboxylic acids is 1. The molecule has 1 aromatic heterocycles. The maximum atomic E-state index is 12.8. The number of anilines is 1. The van der Waals surface area contributed by atoms with Crippen LogP contribution in [0.1, 0.15) is 19.3 Å². The van der Waals surface area contributed by atoms with Crippen molar-refractivity contribution in [1.82, 2.24) is 4.90 Å². The third kappa shape index (κ3) is 2.33. The number of amides is 1. The topological polar surface area (TPSA) is 60.9 Å². The van der Waals surface area contributed by atoms with E-state index in [9.17, 15) is 9.59 Å². The first kappa shape index (κ1) is 13.6. The number of thiophene rings is 1. The van der Waals surface area contributed by atoms with Gasteiger partial charge in [0, 0.05) is 18.5 Å². The lowest BCUT2D eigenvalue weighted by Crippen LogP contribution is -2.49. The minimum Gasteiger partial charge on any atom is -0.480 e. The summed E-state index contributed by atoms with van der Waals surface area (Å²) in [6.45, 7) is 2.14. The summed E-state index contributed by atoms with van der Waals surface area (Å²) in [5, 5.41) is 12.9. The Labute approximate surface area is 121 Å². The molecule has 6 heteroatoms. The number of nitrogens with zero attached hydrogens (tertiary/aromatic N) is 2. The second kappa shape index (κ2) is 5.18. The van der Waals surface area contributed by atoms with Gasteiger partial charge in [-0.3, -0.25) is 14.5 Å². The van der Waals surface area contributed by atoms with Gasteiger partial charge in [0.25, 0.3) is 0 Å². The van der Waals surface area contributed by atoms with Gasteiger partial charge in [-0.05, 0) is 37.3 Å². The van der Waals surface area contributed by atoms with E-state index in [1.807, 2.05) is 26.6 Å². The second-order valence-corrected chi connectivity index (χ2v) is 6.46. The first-order valence-electron chi connectivity index (χ1n) is 6.89. The van der Waals surface area contributed by atoms with E-state index < -0.39 is 5.97 Å². The van der Waals surface area contributed by atoms with Gasteiger partial charge in [0.1, 0.15) is 0 Å². The number of likely N-dealkylation sites (tertiary alicyclic amines) is 1. The number of carbonyl (C=O) groups excluding carboxylic acids is 1. The zero-order chi connectivity index (χ0) is 14.2. The molecule has 0 unspecified atom stereocenters. The van der Waals surface area contributed by atoms with Gasteiger partial charge in [-0.25, -0.2) is 0 Å². The van der Waals surface area contributed by atoms with Crippen LogP contribution in [0.15, 0.2) is 16.8 Å². The molecule has 20 heavy (non-hydrogen) atoms. The van der Waals surface area contributed by atoms with Crippen LogP contribution in [0.2, 0.25) is 0 Å². The molecule has 0 radical (unpaired) electrons. The summed E-state index contributed by atoms with van der Waals surface area (Å²) in [6, 6.07) is 1.97. The number of rotatable bonds is 3. The summed E-state index contributed by atoms with van der Waals surface area (Å²) >= 11 is 1.59. The highest BCUT2D eigenvalue weighted by atomic mass is 32.1. The van der Waals surface area contributed by atoms with Crippen molar-refractivity contribution in [2.24, 2.45) is 5.41 Å². The Balaban J connectivity index is 1.76. The highest BCUT2D eigenvalue weighted by Gasteiger charge is 2.49. The molecule has 108 valence electrons. The molecule has 2 aliphatic rings. The average Bonchev–Trinajstić information content (AvgIpc) is 3.00.